The summed E-state index contributed by atoms with van der Waals surface area (Å²) in [5.74, 6) is -0.113. The molecule has 0 aliphatic rings. The molecule has 2 rings (SSSR count). The topological polar surface area (TPSA) is 29.1 Å². The monoisotopic (exact) mass is 409 g/mol. The molecule has 110 valence electrons. The molecule has 2 aromatic rings. The molecule has 0 spiro atoms. The summed E-state index contributed by atoms with van der Waals surface area (Å²) >= 11 is 6.78. The second kappa shape index (κ2) is 7.76. The van der Waals surface area contributed by atoms with Crippen molar-refractivity contribution in [2.75, 3.05) is 5.32 Å². The van der Waals surface area contributed by atoms with Gasteiger partial charge in [-0.2, -0.15) is 0 Å². The first-order valence-electron chi connectivity index (χ1n) is 6.95. The number of rotatable bonds is 5. The molecule has 2 aromatic carbocycles. The maximum absolute atomic E-state index is 12.2. The lowest BCUT2D eigenvalue weighted by molar-refractivity contribution is 0.102. The number of halogens is 2. The molecule has 0 atom stereocenters. The summed E-state index contributed by atoms with van der Waals surface area (Å²) in [6.45, 7) is 2.19. The molecule has 0 unspecified atom stereocenters. The maximum Gasteiger partial charge on any atom is 0.255 e. The van der Waals surface area contributed by atoms with Crippen molar-refractivity contribution < 1.29 is 4.79 Å². The molecule has 0 aliphatic carbocycles. The summed E-state index contributed by atoms with van der Waals surface area (Å²) in [6.07, 6.45) is 3.47. The van der Waals surface area contributed by atoms with Crippen LogP contribution in [0.3, 0.4) is 0 Å². The van der Waals surface area contributed by atoms with Gasteiger partial charge >= 0.3 is 0 Å². The molecule has 1 N–H and O–H groups in total. The lowest BCUT2D eigenvalue weighted by Crippen LogP contribution is -2.11. The highest BCUT2D eigenvalue weighted by Crippen LogP contribution is 2.21. The molecule has 0 bridgehead atoms. The van der Waals surface area contributed by atoms with Crippen LogP contribution in [0, 0.1) is 0 Å². The van der Waals surface area contributed by atoms with E-state index in [0.717, 1.165) is 21.1 Å². The van der Waals surface area contributed by atoms with Crippen LogP contribution in [0.25, 0.3) is 0 Å². The molecule has 0 saturated heterocycles. The molecule has 4 heteroatoms. The SMILES string of the molecule is CCCCc1ccc(NC(=O)c2cc(Br)cc(Br)c2)cc1. The smallest absolute Gasteiger partial charge is 0.255 e. The van der Waals surface area contributed by atoms with Crippen molar-refractivity contribution in [2.24, 2.45) is 0 Å². The third-order valence-corrected chi connectivity index (χ3v) is 4.07. The zero-order chi connectivity index (χ0) is 15.2. The number of unbranched alkanes of at least 4 members (excludes halogenated alkanes) is 1. The average molecular weight is 411 g/mol. The van der Waals surface area contributed by atoms with Gasteiger partial charge in [-0.3, -0.25) is 4.79 Å². The minimum Gasteiger partial charge on any atom is -0.322 e. The number of nitrogens with one attached hydrogen (secondary N) is 1. The van der Waals surface area contributed by atoms with E-state index in [1.165, 1.54) is 18.4 Å². The highest BCUT2D eigenvalue weighted by Gasteiger charge is 2.08. The minimum absolute atomic E-state index is 0.113. The van der Waals surface area contributed by atoms with E-state index < -0.39 is 0 Å². The maximum atomic E-state index is 12.2. The fourth-order valence-electron chi connectivity index (χ4n) is 2.02. The summed E-state index contributed by atoms with van der Waals surface area (Å²) in [7, 11) is 0. The van der Waals surface area contributed by atoms with E-state index in [1.54, 1.807) is 12.1 Å². The van der Waals surface area contributed by atoms with Crippen LogP contribution >= 0.6 is 31.9 Å². The Morgan fingerprint density at radius 3 is 2.24 bits per heavy atom. The number of carbonyl (C=O) groups is 1. The van der Waals surface area contributed by atoms with E-state index in [9.17, 15) is 4.79 Å². The first kappa shape index (κ1) is 16.2. The summed E-state index contributed by atoms with van der Waals surface area (Å²) in [5.41, 5.74) is 2.74. The Morgan fingerprint density at radius 2 is 1.67 bits per heavy atom. The Balaban J connectivity index is 2.05. The molecular formula is C17H17Br2NO. The van der Waals surface area contributed by atoms with E-state index in [0.29, 0.717) is 5.56 Å². The lowest BCUT2D eigenvalue weighted by Gasteiger charge is -2.07. The molecular weight excluding hydrogens is 394 g/mol. The van der Waals surface area contributed by atoms with Gasteiger partial charge < -0.3 is 5.32 Å². The Morgan fingerprint density at radius 1 is 1.05 bits per heavy atom. The van der Waals surface area contributed by atoms with Gasteiger partial charge in [0.25, 0.3) is 5.91 Å². The van der Waals surface area contributed by atoms with Gasteiger partial charge in [0.1, 0.15) is 0 Å². The van der Waals surface area contributed by atoms with Crippen LogP contribution in [0.2, 0.25) is 0 Å². The van der Waals surface area contributed by atoms with Gasteiger partial charge in [0.05, 0.1) is 0 Å². The van der Waals surface area contributed by atoms with Crippen molar-refractivity contribution in [2.45, 2.75) is 26.2 Å². The molecule has 21 heavy (non-hydrogen) atoms. The number of hydrogen-bond donors (Lipinski definition) is 1. The molecule has 2 nitrogen and oxygen atoms in total. The number of aryl methyl sites for hydroxylation is 1. The fraction of sp³-hybridized carbons (Fsp3) is 0.235. The summed E-state index contributed by atoms with van der Waals surface area (Å²) in [5, 5.41) is 2.92. The largest absolute Gasteiger partial charge is 0.322 e. The minimum atomic E-state index is -0.113. The fourth-order valence-corrected chi connectivity index (χ4v) is 3.32. The van der Waals surface area contributed by atoms with Gasteiger partial charge in [0.15, 0.2) is 0 Å². The number of amides is 1. The second-order valence-electron chi connectivity index (χ2n) is 4.91. The highest BCUT2D eigenvalue weighted by molar-refractivity contribution is 9.11. The van der Waals surface area contributed by atoms with E-state index in [-0.39, 0.29) is 5.91 Å². The van der Waals surface area contributed by atoms with Crippen molar-refractivity contribution in [1.82, 2.24) is 0 Å². The molecule has 0 saturated carbocycles. The van der Waals surface area contributed by atoms with Crippen LogP contribution in [0.5, 0.6) is 0 Å². The molecule has 0 radical (unpaired) electrons. The van der Waals surface area contributed by atoms with Crippen molar-refractivity contribution >= 4 is 43.5 Å². The van der Waals surface area contributed by atoms with Crippen LogP contribution in [0.1, 0.15) is 35.7 Å². The van der Waals surface area contributed by atoms with Gasteiger partial charge in [0, 0.05) is 20.2 Å². The highest BCUT2D eigenvalue weighted by atomic mass is 79.9. The molecule has 0 aromatic heterocycles. The standard InChI is InChI=1S/C17H17Br2NO/c1-2-3-4-12-5-7-16(8-6-12)20-17(21)13-9-14(18)11-15(19)10-13/h5-11H,2-4H2,1H3,(H,20,21). The first-order chi connectivity index (χ1) is 10.1. The number of benzene rings is 2. The van der Waals surface area contributed by atoms with Crippen molar-refractivity contribution in [3.8, 4) is 0 Å². The van der Waals surface area contributed by atoms with Crippen LogP contribution in [0.4, 0.5) is 5.69 Å². The average Bonchev–Trinajstić information content (AvgIpc) is 2.45. The zero-order valence-electron chi connectivity index (χ0n) is 11.8. The summed E-state index contributed by atoms with van der Waals surface area (Å²) < 4.78 is 1.74. The van der Waals surface area contributed by atoms with E-state index in [1.807, 2.05) is 18.2 Å². The lowest BCUT2D eigenvalue weighted by atomic mass is 10.1. The molecule has 0 heterocycles. The Kier molecular flexibility index (Phi) is 6.00. The summed E-state index contributed by atoms with van der Waals surface area (Å²) in [4.78, 5) is 12.2. The van der Waals surface area contributed by atoms with Gasteiger partial charge in [-0.25, -0.2) is 0 Å². The zero-order valence-corrected chi connectivity index (χ0v) is 15.0. The van der Waals surface area contributed by atoms with Crippen LogP contribution in [-0.4, -0.2) is 5.91 Å². The van der Waals surface area contributed by atoms with Crippen molar-refractivity contribution in [1.29, 1.82) is 0 Å². The van der Waals surface area contributed by atoms with Crippen molar-refractivity contribution in [3.63, 3.8) is 0 Å². The van der Waals surface area contributed by atoms with Crippen LogP contribution in [0.15, 0.2) is 51.4 Å². The van der Waals surface area contributed by atoms with Gasteiger partial charge in [-0.15, -0.1) is 0 Å². The molecule has 1 amide bonds. The predicted octanol–water partition coefficient (Wildman–Crippen LogP) is 5.81. The van der Waals surface area contributed by atoms with E-state index >= 15 is 0 Å². The van der Waals surface area contributed by atoms with Crippen LogP contribution < -0.4 is 5.32 Å². The second-order valence-corrected chi connectivity index (χ2v) is 6.74. The molecule has 0 fully saturated rings. The van der Waals surface area contributed by atoms with E-state index in [2.05, 4.69) is 56.2 Å². The number of anilines is 1. The van der Waals surface area contributed by atoms with E-state index in [4.69, 9.17) is 0 Å². The van der Waals surface area contributed by atoms with Gasteiger partial charge in [-0.05, 0) is 48.7 Å². The Hall–Kier alpha value is -1.13. The summed E-state index contributed by atoms with van der Waals surface area (Å²) in [6, 6.07) is 13.6. The number of hydrogen-bond acceptors (Lipinski definition) is 1. The van der Waals surface area contributed by atoms with Gasteiger partial charge in [-0.1, -0.05) is 57.3 Å². The third-order valence-electron chi connectivity index (χ3n) is 3.16. The van der Waals surface area contributed by atoms with Crippen LogP contribution in [-0.2, 0) is 6.42 Å². The molecule has 0 aliphatic heterocycles. The van der Waals surface area contributed by atoms with Crippen molar-refractivity contribution in [3.05, 3.63) is 62.5 Å². The number of carbonyl (C=O) groups excluding carboxylic acids is 1. The third kappa shape index (κ3) is 4.97. The quantitative estimate of drug-likeness (QED) is 0.662. The predicted molar refractivity (Wildman–Crippen MR) is 94.8 cm³/mol. The normalized spacial score (nSPS) is 10.4. The van der Waals surface area contributed by atoms with Gasteiger partial charge in [0.2, 0.25) is 0 Å². The Bertz CT molecular complexity index is 603. The first-order valence-corrected chi connectivity index (χ1v) is 8.53. The Labute approximate surface area is 142 Å².